The van der Waals surface area contributed by atoms with Crippen molar-refractivity contribution in [2.24, 2.45) is 0 Å². The first-order chi connectivity index (χ1) is 5.11. The van der Waals surface area contributed by atoms with Gasteiger partial charge in [-0.1, -0.05) is 6.07 Å². The molecule has 1 N–H and O–H groups in total. The first-order valence-corrected chi connectivity index (χ1v) is 3.86. The van der Waals surface area contributed by atoms with Crippen LogP contribution in [0.15, 0.2) is 22.7 Å². The van der Waals surface area contributed by atoms with Gasteiger partial charge in [-0.2, -0.15) is 0 Å². The van der Waals surface area contributed by atoms with E-state index >= 15 is 0 Å². The Morgan fingerprint density at radius 1 is 1.55 bits per heavy atom. The first kappa shape index (κ1) is 8.68. The highest BCUT2D eigenvalue weighted by Crippen LogP contribution is 2.20. The third-order valence-corrected chi connectivity index (χ3v) is 1.94. The lowest BCUT2D eigenvalue weighted by Gasteiger charge is -2.04. The van der Waals surface area contributed by atoms with Gasteiger partial charge in [0.25, 0.3) is 0 Å². The Bertz CT molecular complexity index is 260. The number of rotatable bonds is 1. The molecule has 0 amide bonds. The van der Waals surface area contributed by atoms with Crippen LogP contribution in [0.25, 0.3) is 0 Å². The molecule has 0 saturated heterocycles. The molecule has 0 bridgehead atoms. The van der Waals surface area contributed by atoms with Crippen molar-refractivity contribution in [3.8, 4) is 0 Å². The van der Waals surface area contributed by atoms with E-state index in [0.29, 0.717) is 10.0 Å². The molecule has 0 aliphatic rings. The summed E-state index contributed by atoms with van der Waals surface area (Å²) in [5.41, 5.74) is 0.596. The van der Waals surface area contributed by atoms with Gasteiger partial charge in [0.1, 0.15) is 5.82 Å². The van der Waals surface area contributed by atoms with Gasteiger partial charge in [0, 0.05) is 0 Å². The molecule has 1 nitrogen and oxygen atoms in total. The van der Waals surface area contributed by atoms with Gasteiger partial charge >= 0.3 is 0 Å². The van der Waals surface area contributed by atoms with E-state index in [1.165, 1.54) is 18.2 Å². The molecular weight excluding hydrogens is 211 g/mol. The molecule has 1 radical (unpaired) electrons. The fraction of sp³-hybridized carbons (Fsp3) is 0.125. The molecule has 11 heavy (non-hydrogen) atoms. The Labute approximate surface area is 73.0 Å². The maximum absolute atomic E-state index is 12.6. The summed E-state index contributed by atoms with van der Waals surface area (Å²) in [6.07, 6.45) is -0.799. The van der Waals surface area contributed by atoms with Crippen molar-refractivity contribution in [1.29, 1.82) is 0 Å². The maximum Gasteiger partial charge on any atom is 0.137 e. The molecule has 3 heteroatoms. The second-order valence-corrected chi connectivity index (χ2v) is 3.04. The average Bonchev–Trinajstić information content (AvgIpc) is 1.94. The lowest BCUT2D eigenvalue weighted by Crippen LogP contribution is -1.91. The molecule has 1 aromatic rings. The molecule has 1 aromatic carbocycles. The van der Waals surface area contributed by atoms with Crippen LogP contribution in [0.3, 0.4) is 0 Å². The summed E-state index contributed by atoms with van der Waals surface area (Å²) < 4.78 is 13.0. The minimum absolute atomic E-state index is 0.339. The van der Waals surface area contributed by atoms with Gasteiger partial charge in [0.15, 0.2) is 0 Å². The van der Waals surface area contributed by atoms with Gasteiger partial charge in [0.05, 0.1) is 10.6 Å². The normalized spacial score (nSPS) is 13.1. The second kappa shape index (κ2) is 3.32. The van der Waals surface area contributed by atoms with Crippen molar-refractivity contribution in [2.75, 3.05) is 0 Å². The number of hydrogen-bond acceptors (Lipinski definition) is 1. The molecular formula is C8H7BrFO. The summed E-state index contributed by atoms with van der Waals surface area (Å²) in [6.45, 7) is 3.39. The molecule has 0 spiro atoms. The molecule has 0 aliphatic heterocycles. The Balaban J connectivity index is 3.05. The predicted molar refractivity (Wildman–Crippen MR) is 44.4 cm³/mol. The number of benzene rings is 1. The van der Waals surface area contributed by atoms with Crippen molar-refractivity contribution in [3.63, 3.8) is 0 Å². The summed E-state index contributed by atoms with van der Waals surface area (Å²) in [5, 5.41) is 8.98. The smallest absolute Gasteiger partial charge is 0.137 e. The lowest BCUT2D eigenvalue weighted by molar-refractivity contribution is 0.226. The van der Waals surface area contributed by atoms with E-state index in [-0.39, 0.29) is 5.82 Å². The average molecular weight is 218 g/mol. The van der Waals surface area contributed by atoms with Crippen molar-refractivity contribution in [3.05, 3.63) is 41.0 Å². The molecule has 1 rings (SSSR count). The van der Waals surface area contributed by atoms with Crippen LogP contribution < -0.4 is 0 Å². The van der Waals surface area contributed by atoms with Crippen molar-refractivity contribution < 1.29 is 9.50 Å². The van der Waals surface area contributed by atoms with Crippen LogP contribution in [0.5, 0.6) is 0 Å². The third-order valence-electron chi connectivity index (χ3n) is 1.33. The first-order valence-electron chi connectivity index (χ1n) is 3.07. The Kier molecular flexibility index (Phi) is 2.62. The molecule has 0 aromatic heterocycles. The summed E-state index contributed by atoms with van der Waals surface area (Å²) in [5.74, 6) is -0.339. The van der Waals surface area contributed by atoms with Crippen LogP contribution in [-0.4, -0.2) is 5.11 Å². The van der Waals surface area contributed by atoms with E-state index < -0.39 is 6.10 Å². The summed E-state index contributed by atoms with van der Waals surface area (Å²) in [7, 11) is 0. The fourth-order valence-electron chi connectivity index (χ4n) is 0.720. The highest BCUT2D eigenvalue weighted by Gasteiger charge is 2.03. The van der Waals surface area contributed by atoms with Crippen molar-refractivity contribution in [2.45, 2.75) is 6.10 Å². The largest absolute Gasteiger partial charge is 0.388 e. The molecule has 1 atom stereocenters. The van der Waals surface area contributed by atoms with Crippen LogP contribution in [0, 0.1) is 12.7 Å². The Morgan fingerprint density at radius 2 is 2.18 bits per heavy atom. The van der Waals surface area contributed by atoms with Gasteiger partial charge in [-0.25, -0.2) is 4.39 Å². The molecule has 1 unspecified atom stereocenters. The van der Waals surface area contributed by atoms with Gasteiger partial charge < -0.3 is 5.11 Å². The SMILES string of the molecule is [CH2]C(O)c1ccc(F)c(Br)c1. The standard InChI is InChI=1S/C8H7BrFO/c1-5(11)6-2-3-8(10)7(9)4-6/h2-5,11H,1H2. The minimum Gasteiger partial charge on any atom is -0.388 e. The molecule has 0 saturated carbocycles. The van der Waals surface area contributed by atoms with Crippen LogP contribution in [0.4, 0.5) is 4.39 Å². The summed E-state index contributed by atoms with van der Waals surface area (Å²) >= 11 is 3.00. The predicted octanol–water partition coefficient (Wildman–Crippen LogP) is 2.46. The molecule has 0 aliphatic carbocycles. The van der Waals surface area contributed by atoms with Crippen molar-refractivity contribution in [1.82, 2.24) is 0 Å². The van der Waals surface area contributed by atoms with Gasteiger partial charge in [-0.15, -0.1) is 0 Å². The van der Waals surface area contributed by atoms with Crippen LogP contribution in [-0.2, 0) is 0 Å². The third kappa shape index (κ3) is 2.01. The molecule has 59 valence electrons. The van der Waals surface area contributed by atoms with E-state index in [4.69, 9.17) is 5.11 Å². The highest BCUT2D eigenvalue weighted by atomic mass is 79.9. The molecule has 0 heterocycles. The highest BCUT2D eigenvalue weighted by molar-refractivity contribution is 9.10. The van der Waals surface area contributed by atoms with Crippen LogP contribution in [0.2, 0.25) is 0 Å². The van der Waals surface area contributed by atoms with E-state index in [1.807, 2.05) is 0 Å². The summed E-state index contributed by atoms with van der Waals surface area (Å²) in [6, 6.07) is 4.29. The quantitative estimate of drug-likeness (QED) is 0.767. The monoisotopic (exact) mass is 217 g/mol. The number of aliphatic hydroxyl groups is 1. The topological polar surface area (TPSA) is 20.2 Å². The molecule has 0 fully saturated rings. The number of aliphatic hydroxyl groups excluding tert-OH is 1. The summed E-state index contributed by atoms with van der Waals surface area (Å²) in [4.78, 5) is 0. The van der Waals surface area contributed by atoms with Gasteiger partial charge in [-0.05, 0) is 40.5 Å². The number of halogens is 2. The van der Waals surface area contributed by atoms with E-state index in [2.05, 4.69) is 22.9 Å². The number of hydrogen-bond donors (Lipinski definition) is 1. The zero-order chi connectivity index (χ0) is 8.43. The second-order valence-electron chi connectivity index (χ2n) is 2.19. The van der Waals surface area contributed by atoms with E-state index in [0.717, 1.165) is 0 Å². The fourth-order valence-corrected chi connectivity index (χ4v) is 1.12. The zero-order valence-electron chi connectivity index (χ0n) is 5.72. The van der Waals surface area contributed by atoms with E-state index in [1.54, 1.807) is 0 Å². The lowest BCUT2D eigenvalue weighted by atomic mass is 10.1. The zero-order valence-corrected chi connectivity index (χ0v) is 7.31. The maximum atomic E-state index is 12.6. The van der Waals surface area contributed by atoms with E-state index in [9.17, 15) is 4.39 Å². The van der Waals surface area contributed by atoms with Gasteiger partial charge in [-0.3, -0.25) is 0 Å². The van der Waals surface area contributed by atoms with Crippen LogP contribution >= 0.6 is 15.9 Å². The van der Waals surface area contributed by atoms with Crippen LogP contribution in [0.1, 0.15) is 11.7 Å². The Hall–Kier alpha value is -0.410. The van der Waals surface area contributed by atoms with Gasteiger partial charge in [0.2, 0.25) is 0 Å². The Morgan fingerprint density at radius 3 is 2.64 bits per heavy atom. The minimum atomic E-state index is -0.799. The van der Waals surface area contributed by atoms with Crippen molar-refractivity contribution >= 4 is 15.9 Å².